The Labute approximate surface area is 141 Å². The number of nitriles is 1. The lowest BCUT2D eigenvalue weighted by Gasteiger charge is -2.25. The van der Waals surface area contributed by atoms with Gasteiger partial charge in [0.05, 0.1) is 12.0 Å². The Balaban J connectivity index is 1.64. The van der Waals surface area contributed by atoms with Crippen LogP contribution in [0.1, 0.15) is 29.9 Å². The van der Waals surface area contributed by atoms with Gasteiger partial charge in [-0.1, -0.05) is 48.0 Å². The van der Waals surface area contributed by atoms with Gasteiger partial charge in [0.25, 0.3) is 0 Å². The summed E-state index contributed by atoms with van der Waals surface area (Å²) in [6.07, 6.45) is 4.12. The lowest BCUT2D eigenvalue weighted by Crippen LogP contribution is -2.29. The smallest absolute Gasteiger partial charge is 0.129 e. The molecule has 0 N–H and O–H groups in total. The van der Waals surface area contributed by atoms with Crippen LogP contribution in [0.5, 0.6) is 0 Å². The Morgan fingerprint density at radius 3 is 2.61 bits per heavy atom. The van der Waals surface area contributed by atoms with E-state index in [-0.39, 0.29) is 11.8 Å². The molecule has 3 heterocycles. The Kier molecular flexibility index (Phi) is 3.80. The van der Waals surface area contributed by atoms with E-state index in [4.69, 9.17) is 11.6 Å². The molecule has 0 amide bonds. The number of rotatable bonds is 3. The standard InChI is InChI=1S/C19H18ClN3/c20-18-9-6-14(11-22-18)19-15(10-21)16-7-8-17(19)23(16)12-13-4-2-1-3-5-13/h1-6,9,11,15-17,19H,7-8,12H2/t15-,16-,17+,19-/m0/s1. The quantitative estimate of drug-likeness (QED) is 0.801. The van der Waals surface area contributed by atoms with Crippen LogP contribution in [0.25, 0.3) is 0 Å². The van der Waals surface area contributed by atoms with Gasteiger partial charge in [0.1, 0.15) is 5.15 Å². The summed E-state index contributed by atoms with van der Waals surface area (Å²) in [7, 11) is 0. The fourth-order valence-corrected chi connectivity index (χ4v) is 4.49. The maximum Gasteiger partial charge on any atom is 0.129 e. The molecule has 2 saturated heterocycles. The number of hydrogen-bond donors (Lipinski definition) is 0. The maximum atomic E-state index is 9.74. The lowest BCUT2D eigenvalue weighted by atomic mass is 9.77. The van der Waals surface area contributed by atoms with E-state index >= 15 is 0 Å². The molecule has 1 aromatic carbocycles. The molecular formula is C19H18ClN3. The van der Waals surface area contributed by atoms with Gasteiger partial charge in [-0.25, -0.2) is 4.98 Å². The molecule has 4 atom stereocenters. The van der Waals surface area contributed by atoms with Crippen LogP contribution in [-0.4, -0.2) is 22.0 Å². The normalized spacial score (nSPS) is 29.6. The zero-order chi connectivity index (χ0) is 15.8. The van der Waals surface area contributed by atoms with Crippen molar-refractivity contribution in [2.45, 2.75) is 37.4 Å². The maximum absolute atomic E-state index is 9.74. The van der Waals surface area contributed by atoms with Crippen LogP contribution in [0.2, 0.25) is 5.15 Å². The first-order valence-corrected chi connectivity index (χ1v) is 8.46. The van der Waals surface area contributed by atoms with Crippen LogP contribution < -0.4 is 0 Å². The molecule has 2 aliphatic rings. The molecule has 4 rings (SSSR count). The van der Waals surface area contributed by atoms with E-state index in [1.54, 1.807) is 0 Å². The molecule has 1 aromatic heterocycles. The number of halogens is 1. The molecule has 116 valence electrons. The molecule has 0 aliphatic carbocycles. The summed E-state index contributed by atoms with van der Waals surface area (Å²) >= 11 is 5.92. The van der Waals surface area contributed by atoms with Gasteiger partial charge in [-0.2, -0.15) is 5.26 Å². The molecule has 2 aliphatic heterocycles. The molecule has 3 nitrogen and oxygen atoms in total. The molecule has 0 saturated carbocycles. The van der Waals surface area contributed by atoms with Crippen LogP contribution >= 0.6 is 11.6 Å². The summed E-state index contributed by atoms with van der Waals surface area (Å²) in [6, 6.07) is 17.7. The van der Waals surface area contributed by atoms with Crippen LogP contribution in [0.15, 0.2) is 48.7 Å². The van der Waals surface area contributed by atoms with Gasteiger partial charge >= 0.3 is 0 Å². The highest BCUT2D eigenvalue weighted by Crippen LogP contribution is 2.50. The summed E-state index contributed by atoms with van der Waals surface area (Å²) in [4.78, 5) is 6.75. The summed E-state index contributed by atoms with van der Waals surface area (Å²) in [5, 5.41) is 10.2. The Morgan fingerprint density at radius 2 is 1.91 bits per heavy atom. The summed E-state index contributed by atoms with van der Waals surface area (Å²) < 4.78 is 0. The van der Waals surface area contributed by atoms with Gasteiger partial charge in [-0.3, -0.25) is 4.90 Å². The van der Waals surface area contributed by atoms with E-state index in [2.05, 4.69) is 40.2 Å². The predicted octanol–water partition coefficient (Wildman–Crippen LogP) is 4.01. The second-order valence-electron chi connectivity index (χ2n) is 6.46. The lowest BCUT2D eigenvalue weighted by molar-refractivity contribution is 0.234. The first-order valence-electron chi connectivity index (χ1n) is 8.08. The van der Waals surface area contributed by atoms with E-state index in [0.717, 1.165) is 24.9 Å². The van der Waals surface area contributed by atoms with Crippen molar-refractivity contribution in [3.63, 3.8) is 0 Å². The number of nitrogens with zero attached hydrogens (tertiary/aromatic N) is 3. The van der Waals surface area contributed by atoms with E-state index in [1.807, 2.05) is 24.4 Å². The van der Waals surface area contributed by atoms with E-state index in [0.29, 0.717) is 17.2 Å². The molecule has 23 heavy (non-hydrogen) atoms. The van der Waals surface area contributed by atoms with E-state index in [1.165, 1.54) is 5.56 Å². The van der Waals surface area contributed by atoms with Crippen molar-refractivity contribution in [3.05, 3.63) is 64.9 Å². The highest BCUT2D eigenvalue weighted by Gasteiger charge is 2.53. The van der Waals surface area contributed by atoms with Gasteiger partial charge in [0.15, 0.2) is 0 Å². The number of hydrogen-bond acceptors (Lipinski definition) is 3. The molecule has 2 fully saturated rings. The van der Waals surface area contributed by atoms with Gasteiger partial charge in [0.2, 0.25) is 0 Å². The SMILES string of the molecule is N#C[C@@H]1[C@H](c2ccc(Cl)nc2)[C@H]2CC[C@@H]1N2Cc1ccccc1. The minimum Gasteiger partial charge on any atom is -0.291 e. The second kappa shape index (κ2) is 5.96. The first-order chi connectivity index (χ1) is 11.3. The van der Waals surface area contributed by atoms with Crippen molar-refractivity contribution in [1.82, 2.24) is 9.88 Å². The topological polar surface area (TPSA) is 39.9 Å². The first kappa shape index (κ1) is 14.7. The highest BCUT2D eigenvalue weighted by atomic mass is 35.5. The van der Waals surface area contributed by atoms with Gasteiger partial charge in [-0.15, -0.1) is 0 Å². The third-order valence-electron chi connectivity index (χ3n) is 5.32. The Bertz CT molecular complexity index is 723. The highest BCUT2D eigenvalue weighted by molar-refractivity contribution is 6.29. The number of benzene rings is 1. The zero-order valence-corrected chi connectivity index (χ0v) is 13.5. The van der Waals surface area contributed by atoms with Crippen molar-refractivity contribution >= 4 is 11.6 Å². The largest absolute Gasteiger partial charge is 0.291 e. The van der Waals surface area contributed by atoms with Crippen molar-refractivity contribution in [2.24, 2.45) is 5.92 Å². The Morgan fingerprint density at radius 1 is 1.13 bits per heavy atom. The van der Waals surface area contributed by atoms with Crippen LogP contribution in [0.3, 0.4) is 0 Å². The van der Waals surface area contributed by atoms with Gasteiger partial charge in [-0.05, 0) is 30.0 Å². The van der Waals surface area contributed by atoms with Gasteiger partial charge in [0, 0.05) is 30.7 Å². The minimum atomic E-state index is 0.0421. The number of fused-ring (bicyclic) bond motifs is 2. The van der Waals surface area contributed by atoms with E-state index in [9.17, 15) is 5.26 Å². The van der Waals surface area contributed by atoms with Crippen molar-refractivity contribution in [1.29, 1.82) is 5.26 Å². The third-order valence-corrected chi connectivity index (χ3v) is 5.54. The average molecular weight is 324 g/mol. The zero-order valence-electron chi connectivity index (χ0n) is 12.8. The minimum absolute atomic E-state index is 0.0421. The Hall–Kier alpha value is -1.89. The van der Waals surface area contributed by atoms with Crippen molar-refractivity contribution < 1.29 is 0 Å². The molecule has 2 aromatic rings. The fourth-order valence-electron chi connectivity index (χ4n) is 4.38. The molecule has 0 unspecified atom stereocenters. The van der Waals surface area contributed by atoms with Crippen molar-refractivity contribution in [2.75, 3.05) is 0 Å². The predicted molar refractivity (Wildman–Crippen MR) is 89.9 cm³/mol. The number of aromatic nitrogens is 1. The van der Waals surface area contributed by atoms with E-state index < -0.39 is 0 Å². The molecule has 4 heteroatoms. The fraction of sp³-hybridized carbons (Fsp3) is 0.368. The van der Waals surface area contributed by atoms with Gasteiger partial charge < -0.3 is 0 Å². The summed E-state index contributed by atoms with van der Waals surface area (Å²) in [5.41, 5.74) is 2.46. The van der Waals surface area contributed by atoms with Crippen LogP contribution in [-0.2, 0) is 6.54 Å². The summed E-state index contributed by atoms with van der Waals surface area (Å²) in [6.45, 7) is 0.922. The molecular weight excluding hydrogens is 306 g/mol. The van der Waals surface area contributed by atoms with Crippen LogP contribution in [0, 0.1) is 17.2 Å². The molecule has 0 spiro atoms. The van der Waals surface area contributed by atoms with Crippen LogP contribution in [0.4, 0.5) is 0 Å². The molecule has 0 radical (unpaired) electrons. The monoisotopic (exact) mass is 323 g/mol. The molecule has 2 bridgehead atoms. The average Bonchev–Trinajstić information content (AvgIpc) is 3.11. The summed E-state index contributed by atoms with van der Waals surface area (Å²) in [5.74, 6) is 0.285. The second-order valence-corrected chi connectivity index (χ2v) is 6.85. The number of pyridine rings is 1. The third kappa shape index (κ3) is 2.52. The van der Waals surface area contributed by atoms with Crippen molar-refractivity contribution in [3.8, 4) is 6.07 Å².